The Morgan fingerprint density at radius 2 is 2.00 bits per heavy atom. The second-order valence-electron chi connectivity index (χ2n) is 5.34. The largest absolute Gasteiger partial charge is 0.487 e. The average Bonchev–Trinajstić information content (AvgIpc) is 2.47. The molecule has 0 radical (unpaired) electrons. The van der Waals surface area contributed by atoms with E-state index in [4.69, 9.17) is 16.3 Å². The standard InChI is InChI=1S/C17H21ClN2O/c1-11(2)13-6-5-12(3)16(9-13)21-10-15-14(18)7-8-17(19-4)20-15/h5-9,11H,10H2,1-4H3,(H,19,20). The molecule has 0 atom stereocenters. The molecule has 0 fully saturated rings. The van der Waals surface area contributed by atoms with Gasteiger partial charge >= 0.3 is 0 Å². The van der Waals surface area contributed by atoms with Gasteiger partial charge in [0.25, 0.3) is 0 Å². The van der Waals surface area contributed by atoms with Gasteiger partial charge in [-0.15, -0.1) is 0 Å². The lowest BCUT2D eigenvalue weighted by Crippen LogP contribution is -2.03. The third-order valence-electron chi connectivity index (χ3n) is 3.42. The second kappa shape index (κ2) is 6.81. The van der Waals surface area contributed by atoms with Crippen molar-refractivity contribution in [2.24, 2.45) is 0 Å². The zero-order chi connectivity index (χ0) is 15.4. The minimum atomic E-state index is 0.358. The van der Waals surface area contributed by atoms with E-state index in [0.717, 1.165) is 22.8 Å². The molecule has 4 heteroatoms. The normalized spacial score (nSPS) is 10.8. The van der Waals surface area contributed by atoms with Crippen LogP contribution >= 0.6 is 11.6 Å². The predicted octanol–water partition coefficient (Wildman–Crippen LogP) is 4.79. The number of nitrogens with one attached hydrogen (secondary N) is 1. The lowest BCUT2D eigenvalue weighted by Gasteiger charge is -2.13. The number of benzene rings is 1. The Hall–Kier alpha value is -1.74. The van der Waals surface area contributed by atoms with Gasteiger partial charge in [-0.1, -0.05) is 37.6 Å². The van der Waals surface area contributed by atoms with E-state index in [1.807, 2.05) is 26.1 Å². The first-order chi connectivity index (χ1) is 10.0. The van der Waals surface area contributed by atoms with Crippen LogP contribution in [0.2, 0.25) is 5.02 Å². The molecule has 0 amide bonds. The van der Waals surface area contributed by atoms with Crippen LogP contribution in [0, 0.1) is 6.92 Å². The van der Waals surface area contributed by atoms with Gasteiger partial charge in [-0.05, 0) is 42.2 Å². The van der Waals surface area contributed by atoms with Gasteiger partial charge < -0.3 is 10.1 Å². The predicted molar refractivity (Wildman–Crippen MR) is 88.4 cm³/mol. The zero-order valence-corrected chi connectivity index (χ0v) is 13.7. The molecule has 1 N–H and O–H groups in total. The first-order valence-electron chi connectivity index (χ1n) is 7.07. The SMILES string of the molecule is CNc1ccc(Cl)c(COc2cc(C(C)C)ccc2C)n1. The summed E-state index contributed by atoms with van der Waals surface area (Å²) in [7, 11) is 1.83. The molecule has 2 aromatic rings. The van der Waals surface area contributed by atoms with E-state index in [1.165, 1.54) is 5.56 Å². The van der Waals surface area contributed by atoms with Crippen LogP contribution in [0.5, 0.6) is 5.75 Å². The third-order valence-corrected chi connectivity index (χ3v) is 3.76. The summed E-state index contributed by atoms with van der Waals surface area (Å²) in [6.07, 6.45) is 0. The fourth-order valence-electron chi connectivity index (χ4n) is 2.00. The van der Waals surface area contributed by atoms with Crippen molar-refractivity contribution in [3.63, 3.8) is 0 Å². The highest BCUT2D eigenvalue weighted by molar-refractivity contribution is 6.31. The molecule has 1 heterocycles. The summed E-state index contributed by atoms with van der Waals surface area (Å²) in [5.74, 6) is 2.14. The summed E-state index contributed by atoms with van der Waals surface area (Å²) in [5, 5.41) is 3.62. The van der Waals surface area contributed by atoms with Gasteiger partial charge in [-0.2, -0.15) is 0 Å². The smallest absolute Gasteiger partial charge is 0.132 e. The molecular formula is C17H21ClN2O. The molecule has 0 aliphatic heterocycles. The quantitative estimate of drug-likeness (QED) is 0.862. The highest BCUT2D eigenvalue weighted by atomic mass is 35.5. The topological polar surface area (TPSA) is 34.1 Å². The molecule has 2 rings (SSSR count). The molecule has 0 unspecified atom stereocenters. The van der Waals surface area contributed by atoms with Crippen molar-refractivity contribution in [3.05, 3.63) is 52.2 Å². The van der Waals surface area contributed by atoms with Gasteiger partial charge in [0.1, 0.15) is 18.2 Å². The Kier molecular flexibility index (Phi) is 5.07. The van der Waals surface area contributed by atoms with Gasteiger partial charge in [0.15, 0.2) is 0 Å². The van der Waals surface area contributed by atoms with E-state index in [9.17, 15) is 0 Å². The van der Waals surface area contributed by atoms with Crippen LogP contribution < -0.4 is 10.1 Å². The number of halogens is 1. The van der Waals surface area contributed by atoms with E-state index in [2.05, 4.69) is 42.3 Å². The molecule has 0 bridgehead atoms. The summed E-state index contributed by atoms with van der Waals surface area (Å²) < 4.78 is 5.92. The van der Waals surface area contributed by atoms with E-state index in [-0.39, 0.29) is 0 Å². The van der Waals surface area contributed by atoms with E-state index < -0.39 is 0 Å². The number of hydrogen-bond donors (Lipinski definition) is 1. The van der Waals surface area contributed by atoms with E-state index in [0.29, 0.717) is 17.5 Å². The van der Waals surface area contributed by atoms with Crippen molar-refractivity contribution < 1.29 is 4.74 Å². The number of ether oxygens (including phenoxy) is 1. The number of nitrogens with zero attached hydrogens (tertiary/aromatic N) is 1. The lowest BCUT2D eigenvalue weighted by molar-refractivity contribution is 0.299. The highest BCUT2D eigenvalue weighted by Crippen LogP contribution is 2.26. The van der Waals surface area contributed by atoms with Crippen LogP contribution in [-0.2, 0) is 6.61 Å². The van der Waals surface area contributed by atoms with Crippen molar-refractivity contribution in [1.29, 1.82) is 0 Å². The molecule has 21 heavy (non-hydrogen) atoms. The molecule has 0 aliphatic rings. The van der Waals surface area contributed by atoms with Crippen molar-refractivity contribution in [1.82, 2.24) is 4.98 Å². The third kappa shape index (κ3) is 3.88. The minimum Gasteiger partial charge on any atom is -0.487 e. The van der Waals surface area contributed by atoms with Crippen molar-refractivity contribution >= 4 is 17.4 Å². The van der Waals surface area contributed by atoms with Gasteiger partial charge in [0.2, 0.25) is 0 Å². The van der Waals surface area contributed by atoms with Crippen LogP contribution in [0.1, 0.15) is 36.6 Å². The van der Waals surface area contributed by atoms with Crippen LogP contribution in [0.3, 0.4) is 0 Å². The lowest BCUT2D eigenvalue weighted by atomic mass is 10.0. The van der Waals surface area contributed by atoms with Crippen molar-refractivity contribution in [2.75, 3.05) is 12.4 Å². The first kappa shape index (κ1) is 15.6. The van der Waals surface area contributed by atoms with Crippen LogP contribution in [-0.4, -0.2) is 12.0 Å². The summed E-state index contributed by atoms with van der Waals surface area (Å²) in [5.41, 5.74) is 3.11. The van der Waals surface area contributed by atoms with E-state index >= 15 is 0 Å². The Labute approximate surface area is 131 Å². The molecule has 0 aliphatic carbocycles. The summed E-state index contributed by atoms with van der Waals surface area (Å²) in [6, 6.07) is 9.99. The number of aryl methyl sites for hydroxylation is 1. The number of anilines is 1. The summed E-state index contributed by atoms with van der Waals surface area (Å²) >= 11 is 6.17. The van der Waals surface area contributed by atoms with Gasteiger partial charge in [-0.3, -0.25) is 0 Å². The Morgan fingerprint density at radius 3 is 2.67 bits per heavy atom. The fourth-order valence-corrected chi connectivity index (χ4v) is 2.16. The molecule has 1 aromatic heterocycles. The molecule has 0 saturated heterocycles. The fraction of sp³-hybridized carbons (Fsp3) is 0.353. The van der Waals surface area contributed by atoms with Crippen LogP contribution in [0.25, 0.3) is 0 Å². The maximum atomic E-state index is 6.17. The maximum absolute atomic E-state index is 6.17. The monoisotopic (exact) mass is 304 g/mol. The van der Waals surface area contributed by atoms with Gasteiger partial charge in [0.05, 0.1) is 10.7 Å². The summed E-state index contributed by atoms with van der Waals surface area (Å²) in [4.78, 5) is 4.42. The molecule has 0 spiro atoms. The van der Waals surface area contributed by atoms with Gasteiger partial charge in [-0.25, -0.2) is 4.98 Å². The summed E-state index contributed by atoms with van der Waals surface area (Å²) in [6.45, 7) is 6.74. The van der Waals surface area contributed by atoms with Crippen molar-refractivity contribution in [3.8, 4) is 5.75 Å². The Morgan fingerprint density at radius 1 is 1.24 bits per heavy atom. The number of aromatic nitrogens is 1. The number of hydrogen-bond acceptors (Lipinski definition) is 3. The number of pyridine rings is 1. The maximum Gasteiger partial charge on any atom is 0.132 e. The molecule has 3 nitrogen and oxygen atoms in total. The van der Waals surface area contributed by atoms with Crippen molar-refractivity contribution in [2.45, 2.75) is 33.3 Å². The molecule has 112 valence electrons. The average molecular weight is 305 g/mol. The first-order valence-corrected chi connectivity index (χ1v) is 7.45. The zero-order valence-electron chi connectivity index (χ0n) is 12.9. The van der Waals surface area contributed by atoms with E-state index in [1.54, 1.807) is 0 Å². The Bertz CT molecular complexity index is 626. The van der Waals surface area contributed by atoms with Crippen LogP contribution in [0.15, 0.2) is 30.3 Å². The minimum absolute atomic E-state index is 0.358. The second-order valence-corrected chi connectivity index (χ2v) is 5.75. The number of rotatable bonds is 5. The molecule has 0 saturated carbocycles. The highest BCUT2D eigenvalue weighted by Gasteiger charge is 2.08. The van der Waals surface area contributed by atoms with Gasteiger partial charge in [0, 0.05) is 7.05 Å². The molecule has 1 aromatic carbocycles. The molecular weight excluding hydrogens is 284 g/mol. The Balaban J connectivity index is 2.18. The van der Waals surface area contributed by atoms with Crippen LogP contribution in [0.4, 0.5) is 5.82 Å².